The van der Waals surface area contributed by atoms with Crippen molar-refractivity contribution in [2.75, 3.05) is 27.2 Å². The Hall–Kier alpha value is -1.78. The SMILES string of the molecule is CC(CN(C)C)CC(CN)(c1ccc(F)cc1)c1ccc(F)cc1. The second-order valence-electron chi connectivity index (χ2n) is 6.87. The Bertz CT molecular complexity index is 590. The van der Waals surface area contributed by atoms with Gasteiger partial charge in [-0.05, 0) is 61.8 Å². The molecule has 0 saturated heterocycles. The number of hydrogen-bond donors (Lipinski definition) is 1. The van der Waals surface area contributed by atoms with Gasteiger partial charge >= 0.3 is 0 Å². The maximum absolute atomic E-state index is 13.4. The number of nitrogens with two attached hydrogens (primary N) is 1. The predicted molar refractivity (Wildman–Crippen MR) is 95.0 cm³/mol. The third kappa shape index (κ3) is 4.19. The first kappa shape index (κ1) is 18.6. The normalized spacial score (nSPS) is 13.3. The molecular formula is C20H26F2N2. The van der Waals surface area contributed by atoms with Gasteiger partial charge in [0, 0.05) is 18.5 Å². The maximum Gasteiger partial charge on any atom is 0.123 e. The van der Waals surface area contributed by atoms with Gasteiger partial charge in [-0.3, -0.25) is 0 Å². The molecule has 0 spiro atoms. The van der Waals surface area contributed by atoms with Gasteiger partial charge in [-0.2, -0.15) is 0 Å². The lowest BCUT2D eigenvalue weighted by Crippen LogP contribution is -2.39. The van der Waals surface area contributed by atoms with Gasteiger partial charge in [0.2, 0.25) is 0 Å². The van der Waals surface area contributed by atoms with Crippen molar-refractivity contribution in [2.45, 2.75) is 18.8 Å². The Kier molecular flexibility index (Phi) is 6.08. The highest BCUT2D eigenvalue weighted by atomic mass is 19.1. The van der Waals surface area contributed by atoms with Crippen LogP contribution < -0.4 is 5.73 Å². The van der Waals surface area contributed by atoms with Gasteiger partial charge < -0.3 is 10.6 Å². The molecule has 0 aliphatic rings. The molecule has 0 saturated carbocycles. The summed E-state index contributed by atoms with van der Waals surface area (Å²) in [4.78, 5) is 2.14. The highest BCUT2D eigenvalue weighted by Gasteiger charge is 2.34. The van der Waals surface area contributed by atoms with Crippen molar-refractivity contribution in [3.63, 3.8) is 0 Å². The van der Waals surface area contributed by atoms with Crippen molar-refractivity contribution < 1.29 is 8.78 Å². The summed E-state index contributed by atoms with van der Waals surface area (Å²) in [6, 6.07) is 13.0. The van der Waals surface area contributed by atoms with Crippen LogP contribution in [0.2, 0.25) is 0 Å². The number of halogens is 2. The Morgan fingerprint density at radius 1 is 0.917 bits per heavy atom. The summed E-state index contributed by atoms with van der Waals surface area (Å²) in [6.07, 6.45) is 0.805. The summed E-state index contributed by atoms with van der Waals surface area (Å²) in [6.45, 7) is 3.48. The number of benzene rings is 2. The standard InChI is InChI=1S/C20H26F2N2/c1-15(13-24(2)3)12-20(14-23,16-4-8-18(21)9-5-16)17-6-10-19(22)11-7-17/h4-11,15H,12-14,23H2,1-3H3. The van der Waals surface area contributed by atoms with Gasteiger partial charge in [0.15, 0.2) is 0 Å². The van der Waals surface area contributed by atoms with E-state index in [-0.39, 0.29) is 11.6 Å². The number of rotatable bonds is 7. The minimum absolute atomic E-state index is 0.273. The Morgan fingerprint density at radius 2 is 1.33 bits per heavy atom. The minimum atomic E-state index is -0.461. The van der Waals surface area contributed by atoms with E-state index in [9.17, 15) is 8.78 Å². The molecule has 0 amide bonds. The lowest BCUT2D eigenvalue weighted by molar-refractivity contribution is 0.290. The zero-order valence-electron chi connectivity index (χ0n) is 14.6. The van der Waals surface area contributed by atoms with E-state index in [0.717, 1.165) is 24.1 Å². The van der Waals surface area contributed by atoms with E-state index in [1.54, 1.807) is 24.3 Å². The van der Waals surface area contributed by atoms with Gasteiger partial charge in [0.1, 0.15) is 11.6 Å². The molecule has 1 unspecified atom stereocenters. The Labute approximate surface area is 143 Å². The van der Waals surface area contributed by atoms with Gasteiger partial charge in [-0.1, -0.05) is 31.2 Å². The summed E-state index contributed by atoms with van der Waals surface area (Å²) < 4.78 is 26.8. The fraction of sp³-hybridized carbons (Fsp3) is 0.400. The molecule has 4 heteroatoms. The van der Waals surface area contributed by atoms with Crippen LogP contribution in [0.5, 0.6) is 0 Å². The highest BCUT2D eigenvalue weighted by Crippen LogP contribution is 2.38. The van der Waals surface area contributed by atoms with E-state index in [1.807, 2.05) is 14.1 Å². The van der Waals surface area contributed by atoms with E-state index in [2.05, 4.69) is 11.8 Å². The van der Waals surface area contributed by atoms with Crippen LogP contribution in [0.3, 0.4) is 0 Å². The lowest BCUT2D eigenvalue weighted by Gasteiger charge is -2.37. The van der Waals surface area contributed by atoms with E-state index in [1.165, 1.54) is 24.3 Å². The fourth-order valence-electron chi connectivity index (χ4n) is 3.54. The molecule has 0 aliphatic heterocycles. The maximum atomic E-state index is 13.4. The molecule has 0 heterocycles. The smallest absolute Gasteiger partial charge is 0.123 e. The van der Waals surface area contributed by atoms with Crippen LogP contribution in [-0.2, 0) is 5.41 Å². The van der Waals surface area contributed by atoms with Crippen molar-refractivity contribution in [3.8, 4) is 0 Å². The third-order valence-corrected chi connectivity index (χ3v) is 4.52. The van der Waals surface area contributed by atoms with Crippen LogP contribution in [0.15, 0.2) is 48.5 Å². The molecule has 1 atom stereocenters. The van der Waals surface area contributed by atoms with E-state index >= 15 is 0 Å². The predicted octanol–water partition coefficient (Wildman–Crippen LogP) is 3.80. The van der Waals surface area contributed by atoms with Gasteiger partial charge in [-0.15, -0.1) is 0 Å². The number of hydrogen-bond acceptors (Lipinski definition) is 2. The molecule has 2 aromatic rings. The summed E-state index contributed by atoms with van der Waals surface area (Å²) in [5, 5.41) is 0. The molecule has 2 nitrogen and oxygen atoms in total. The van der Waals surface area contributed by atoms with Crippen LogP contribution in [-0.4, -0.2) is 32.1 Å². The average molecular weight is 332 g/mol. The molecule has 2 rings (SSSR count). The Morgan fingerprint density at radius 3 is 1.67 bits per heavy atom. The van der Waals surface area contributed by atoms with Crippen LogP contribution in [0.1, 0.15) is 24.5 Å². The van der Waals surface area contributed by atoms with Gasteiger partial charge in [-0.25, -0.2) is 8.78 Å². The molecule has 0 bridgehead atoms. The molecule has 2 N–H and O–H groups in total. The first-order valence-electron chi connectivity index (χ1n) is 8.24. The third-order valence-electron chi connectivity index (χ3n) is 4.52. The zero-order chi connectivity index (χ0) is 17.7. The first-order valence-corrected chi connectivity index (χ1v) is 8.24. The molecular weight excluding hydrogens is 306 g/mol. The Balaban J connectivity index is 2.49. The van der Waals surface area contributed by atoms with Gasteiger partial charge in [0.05, 0.1) is 0 Å². The van der Waals surface area contributed by atoms with Crippen LogP contribution in [0.25, 0.3) is 0 Å². The van der Waals surface area contributed by atoms with Gasteiger partial charge in [0.25, 0.3) is 0 Å². The molecule has 0 radical (unpaired) electrons. The topological polar surface area (TPSA) is 29.3 Å². The second kappa shape index (κ2) is 7.86. The molecule has 0 fully saturated rings. The summed E-state index contributed by atoms with van der Waals surface area (Å²) >= 11 is 0. The molecule has 0 aromatic heterocycles. The zero-order valence-corrected chi connectivity index (χ0v) is 14.6. The molecule has 130 valence electrons. The van der Waals surface area contributed by atoms with Crippen molar-refractivity contribution >= 4 is 0 Å². The minimum Gasteiger partial charge on any atom is -0.329 e. The monoisotopic (exact) mass is 332 g/mol. The average Bonchev–Trinajstić information content (AvgIpc) is 2.53. The molecule has 2 aromatic carbocycles. The van der Waals surface area contributed by atoms with Crippen molar-refractivity contribution in [1.29, 1.82) is 0 Å². The second-order valence-corrected chi connectivity index (χ2v) is 6.87. The molecule has 24 heavy (non-hydrogen) atoms. The van der Waals surface area contributed by atoms with E-state index < -0.39 is 5.41 Å². The van der Waals surface area contributed by atoms with E-state index in [0.29, 0.717) is 12.5 Å². The van der Waals surface area contributed by atoms with E-state index in [4.69, 9.17) is 5.73 Å². The number of nitrogens with zero attached hydrogens (tertiary/aromatic N) is 1. The first-order chi connectivity index (χ1) is 11.4. The van der Waals surface area contributed by atoms with Crippen LogP contribution in [0, 0.1) is 17.6 Å². The summed E-state index contributed by atoms with van der Waals surface area (Å²) in [5.74, 6) is -0.172. The van der Waals surface area contributed by atoms with Crippen LogP contribution >= 0.6 is 0 Å². The van der Waals surface area contributed by atoms with Crippen molar-refractivity contribution in [1.82, 2.24) is 4.90 Å². The lowest BCUT2D eigenvalue weighted by atomic mass is 9.69. The van der Waals surface area contributed by atoms with Crippen molar-refractivity contribution in [3.05, 3.63) is 71.3 Å². The van der Waals surface area contributed by atoms with Crippen LogP contribution in [0.4, 0.5) is 8.78 Å². The summed E-state index contributed by atoms with van der Waals surface area (Å²) in [7, 11) is 4.08. The fourth-order valence-corrected chi connectivity index (χ4v) is 3.54. The largest absolute Gasteiger partial charge is 0.329 e. The quantitative estimate of drug-likeness (QED) is 0.836. The summed E-state index contributed by atoms with van der Waals surface area (Å²) in [5.41, 5.74) is 7.69. The van der Waals surface area contributed by atoms with Crippen molar-refractivity contribution in [2.24, 2.45) is 11.7 Å². The molecule has 0 aliphatic carbocycles. The highest BCUT2D eigenvalue weighted by molar-refractivity contribution is 5.40.